The summed E-state index contributed by atoms with van der Waals surface area (Å²) in [5, 5.41) is 11.4. The van der Waals surface area contributed by atoms with Crippen LogP contribution in [0.1, 0.15) is 18.4 Å². The number of aliphatic hydroxyl groups is 1. The van der Waals surface area contributed by atoms with Crippen LogP contribution < -0.4 is 0 Å². The first-order valence-corrected chi connectivity index (χ1v) is 9.87. The first-order valence-electron chi connectivity index (χ1n) is 9.12. The maximum absolute atomic E-state index is 12.3. The van der Waals surface area contributed by atoms with Crippen molar-refractivity contribution in [3.63, 3.8) is 0 Å². The summed E-state index contributed by atoms with van der Waals surface area (Å²) in [5.74, 6) is 0.0579. The number of carbonyl (C=O) groups excluding carboxylic acids is 1. The molecule has 1 atom stereocenters. The monoisotopic (exact) mass is 401 g/mol. The van der Waals surface area contributed by atoms with Crippen molar-refractivity contribution >= 4 is 29.1 Å². The van der Waals surface area contributed by atoms with Crippen LogP contribution in [-0.2, 0) is 11.2 Å². The maximum atomic E-state index is 12.3. The topological polar surface area (TPSA) is 47.0 Å². The van der Waals surface area contributed by atoms with E-state index in [1.54, 1.807) is 18.0 Å². The number of amides is 1. The summed E-state index contributed by atoms with van der Waals surface area (Å²) in [6.45, 7) is 4.98. The summed E-state index contributed by atoms with van der Waals surface area (Å²) < 4.78 is 0. The van der Waals surface area contributed by atoms with Gasteiger partial charge in [0, 0.05) is 52.7 Å². The van der Waals surface area contributed by atoms with Crippen LogP contribution in [0.25, 0.3) is 0 Å². The fraction of sp³-hybridized carbons (Fsp3) is 0.632. The van der Waals surface area contributed by atoms with E-state index < -0.39 is 6.10 Å². The summed E-state index contributed by atoms with van der Waals surface area (Å²) in [7, 11) is 3.87. The zero-order valence-electron chi connectivity index (χ0n) is 15.6. The minimum absolute atomic E-state index is 0.0579. The van der Waals surface area contributed by atoms with E-state index in [0.29, 0.717) is 29.6 Å². The molecule has 5 nitrogen and oxygen atoms in total. The van der Waals surface area contributed by atoms with E-state index in [1.165, 1.54) is 0 Å². The van der Waals surface area contributed by atoms with Gasteiger partial charge in [-0.1, -0.05) is 29.3 Å². The lowest BCUT2D eigenvalue weighted by atomic mass is 10.1. The predicted molar refractivity (Wildman–Crippen MR) is 107 cm³/mol. The van der Waals surface area contributed by atoms with E-state index in [1.807, 2.05) is 12.1 Å². The molecule has 2 rings (SSSR count). The van der Waals surface area contributed by atoms with Gasteiger partial charge in [0.2, 0.25) is 5.91 Å². The molecule has 1 N–H and O–H groups in total. The Kier molecular flexibility index (Phi) is 8.64. The van der Waals surface area contributed by atoms with E-state index in [-0.39, 0.29) is 5.91 Å². The Morgan fingerprint density at radius 3 is 2.58 bits per heavy atom. The normalized spacial score (nSPS) is 17.3. The van der Waals surface area contributed by atoms with Gasteiger partial charge in [-0.25, -0.2) is 0 Å². The van der Waals surface area contributed by atoms with Crippen molar-refractivity contribution in [3.8, 4) is 0 Å². The van der Waals surface area contributed by atoms with Gasteiger partial charge in [-0.15, -0.1) is 0 Å². The fourth-order valence-corrected chi connectivity index (χ4v) is 3.45. The number of hydrogen-bond acceptors (Lipinski definition) is 4. The number of hydrogen-bond donors (Lipinski definition) is 1. The molecule has 0 unspecified atom stereocenters. The molecule has 0 saturated carbocycles. The van der Waals surface area contributed by atoms with Gasteiger partial charge in [0.15, 0.2) is 0 Å². The highest BCUT2D eigenvalue weighted by Gasteiger charge is 2.19. The van der Waals surface area contributed by atoms with Gasteiger partial charge in [-0.05, 0) is 37.6 Å². The molecule has 0 bridgehead atoms. The third-order valence-corrected chi connectivity index (χ3v) is 5.55. The number of carbonyl (C=O) groups is 1. The molecular formula is C19H29Cl2N3O2. The minimum atomic E-state index is -0.512. The van der Waals surface area contributed by atoms with Crippen LogP contribution in [0.15, 0.2) is 18.2 Å². The van der Waals surface area contributed by atoms with Gasteiger partial charge in [0.05, 0.1) is 16.1 Å². The second-order valence-electron chi connectivity index (χ2n) is 7.13. The third kappa shape index (κ3) is 7.05. The second kappa shape index (κ2) is 10.5. The first-order chi connectivity index (χ1) is 12.3. The van der Waals surface area contributed by atoms with Crippen LogP contribution in [0.4, 0.5) is 0 Å². The first kappa shape index (κ1) is 21.5. The number of aryl methyl sites for hydroxylation is 1. The molecule has 1 aliphatic rings. The number of benzene rings is 1. The van der Waals surface area contributed by atoms with Gasteiger partial charge in [-0.2, -0.15) is 0 Å². The number of piperazine rings is 1. The van der Waals surface area contributed by atoms with Crippen molar-refractivity contribution in [1.29, 1.82) is 0 Å². The lowest BCUT2D eigenvalue weighted by Gasteiger charge is -2.34. The summed E-state index contributed by atoms with van der Waals surface area (Å²) in [6, 6.07) is 5.56. The number of aliphatic hydroxyl groups excluding tert-OH is 1. The van der Waals surface area contributed by atoms with Crippen LogP contribution in [0.5, 0.6) is 0 Å². The van der Waals surface area contributed by atoms with Crippen LogP contribution >= 0.6 is 23.2 Å². The van der Waals surface area contributed by atoms with Crippen LogP contribution in [-0.4, -0.2) is 85.2 Å². The molecule has 0 aromatic heterocycles. The lowest BCUT2D eigenvalue weighted by molar-refractivity contribution is -0.131. The largest absolute Gasteiger partial charge is 0.390 e. The van der Waals surface area contributed by atoms with Crippen molar-refractivity contribution in [2.45, 2.75) is 25.4 Å². The third-order valence-electron chi connectivity index (χ3n) is 4.82. The van der Waals surface area contributed by atoms with E-state index >= 15 is 0 Å². The molecule has 1 aliphatic heterocycles. The SMILES string of the molecule is CN1CCN(C[C@@H](O)CN(C)C(=O)CCCc2ccc(Cl)c(Cl)c2)CC1. The molecule has 1 amide bonds. The predicted octanol–water partition coefficient (Wildman–Crippen LogP) is 2.38. The van der Waals surface area contributed by atoms with Crippen molar-refractivity contribution < 1.29 is 9.90 Å². The smallest absolute Gasteiger partial charge is 0.222 e. The van der Waals surface area contributed by atoms with Gasteiger partial charge in [-0.3, -0.25) is 9.69 Å². The number of halogens is 2. The van der Waals surface area contributed by atoms with Gasteiger partial charge in [0.25, 0.3) is 0 Å². The molecule has 146 valence electrons. The lowest BCUT2D eigenvalue weighted by Crippen LogP contribution is -2.48. The highest BCUT2D eigenvalue weighted by Crippen LogP contribution is 2.23. The summed E-state index contributed by atoms with van der Waals surface area (Å²) in [4.78, 5) is 18.4. The summed E-state index contributed by atoms with van der Waals surface area (Å²) in [6.07, 6.45) is 1.47. The average Bonchev–Trinajstić information content (AvgIpc) is 2.60. The highest BCUT2D eigenvalue weighted by atomic mass is 35.5. The van der Waals surface area contributed by atoms with Crippen molar-refractivity contribution in [1.82, 2.24) is 14.7 Å². The Morgan fingerprint density at radius 2 is 1.92 bits per heavy atom. The number of nitrogens with zero attached hydrogens (tertiary/aromatic N) is 3. The number of likely N-dealkylation sites (N-methyl/N-ethyl adjacent to an activating group) is 2. The molecule has 0 spiro atoms. The molecule has 1 heterocycles. The number of β-amino-alcohol motifs (C(OH)–C–C–N with tert-alkyl or cyclic N) is 1. The minimum Gasteiger partial charge on any atom is -0.390 e. The van der Waals surface area contributed by atoms with Crippen LogP contribution in [0, 0.1) is 0 Å². The molecule has 0 radical (unpaired) electrons. The van der Waals surface area contributed by atoms with E-state index in [2.05, 4.69) is 16.8 Å². The Bertz CT molecular complexity index is 592. The van der Waals surface area contributed by atoms with E-state index in [0.717, 1.165) is 44.6 Å². The summed E-state index contributed by atoms with van der Waals surface area (Å²) in [5.41, 5.74) is 1.07. The Morgan fingerprint density at radius 1 is 1.23 bits per heavy atom. The van der Waals surface area contributed by atoms with Crippen molar-refractivity contribution in [2.75, 3.05) is 53.4 Å². The Balaban J connectivity index is 1.67. The zero-order valence-corrected chi connectivity index (χ0v) is 17.1. The average molecular weight is 402 g/mol. The van der Waals surface area contributed by atoms with Gasteiger partial charge < -0.3 is 14.9 Å². The van der Waals surface area contributed by atoms with Gasteiger partial charge in [0.1, 0.15) is 0 Å². The maximum Gasteiger partial charge on any atom is 0.222 e. The zero-order chi connectivity index (χ0) is 19.1. The quantitative estimate of drug-likeness (QED) is 0.726. The molecular weight excluding hydrogens is 373 g/mol. The van der Waals surface area contributed by atoms with Crippen LogP contribution in [0.2, 0.25) is 10.0 Å². The van der Waals surface area contributed by atoms with Crippen molar-refractivity contribution in [2.24, 2.45) is 0 Å². The number of rotatable bonds is 8. The molecule has 1 aromatic rings. The molecule has 1 saturated heterocycles. The highest BCUT2D eigenvalue weighted by molar-refractivity contribution is 6.42. The Hall–Kier alpha value is -0.850. The molecule has 7 heteroatoms. The van der Waals surface area contributed by atoms with Crippen molar-refractivity contribution in [3.05, 3.63) is 33.8 Å². The van der Waals surface area contributed by atoms with Crippen LogP contribution in [0.3, 0.4) is 0 Å². The molecule has 1 fully saturated rings. The summed E-state index contributed by atoms with van der Waals surface area (Å²) >= 11 is 11.9. The molecule has 26 heavy (non-hydrogen) atoms. The fourth-order valence-electron chi connectivity index (χ4n) is 3.13. The molecule has 0 aliphatic carbocycles. The standard InChI is InChI=1S/C19H29Cl2N3O2/c1-22-8-10-24(11-9-22)14-16(25)13-23(2)19(26)5-3-4-15-6-7-17(20)18(21)12-15/h6-7,12,16,25H,3-5,8-11,13-14H2,1-2H3/t16-/m0/s1. The molecule has 1 aromatic carbocycles. The van der Waals surface area contributed by atoms with E-state index in [4.69, 9.17) is 23.2 Å². The van der Waals surface area contributed by atoms with Gasteiger partial charge >= 0.3 is 0 Å². The second-order valence-corrected chi connectivity index (χ2v) is 7.95. The van der Waals surface area contributed by atoms with E-state index in [9.17, 15) is 9.90 Å². The Labute approximate surface area is 166 Å².